The molecule has 0 saturated carbocycles. The maximum absolute atomic E-state index is 10.9. The number of unbranched alkanes of at least 4 members (excludes halogenated alkanes) is 3. The van der Waals surface area contributed by atoms with Gasteiger partial charge < -0.3 is 9.84 Å². The molecule has 0 atom stereocenters. The number of fused-ring (bicyclic) bond motifs is 1. The maximum Gasteiger partial charge on any atom is 0.308 e. The molecule has 30 heavy (non-hydrogen) atoms. The van der Waals surface area contributed by atoms with Gasteiger partial charge in [-0.3, -0.25) is 4.79 Å². The SMILES string of the molecule is CCCCCCSc1cc2c(cc1C#Cc1ccc(CC(=O)O)s1)C(C)(C)CCO2. The molecule has 2 aromatic rings. The molecule has 0 fully saturated rings. The monoisotopic (exact) mass is 442 g/mol. The van der Waals surface area contributed by atoms with Crippen LogP contribution in [0.3, 0.4) is 0 Å². The van der Waals surface area contributed by atoms with Crippen molar-refractivity contribution in [2.24, 2.45) is 0 Å². The second-order valence-electron chi connectivity index (χ2n) is 8.32. The zero-order chi connectivity index (χ0) is 21.6. The molecule has 1 aliphatic rings. The van der Waals surface area contributed by atoms with E-state index in [0.717, 1.165) is 39.8 Å². The number of hydrogen-bond acceptors (Lipinski definition) is 4. The normalized spacial score (nSPS) is 14.4. The lowest BCUT2D eigenvalue weighted by molar-refractivity contribution is -0.136. The summed E-state index contributed by atoms with van der Waals surface area (Å²) in [5, 5.41) is 8.97. The van der Waals surface area contributed by atoms with Crippen LogP contribution in [0.25, 0.3) is 0 Å². The van der Waals surface area contributed by atoms with Crippen molar-refractivity contribution < 1.29 is 14.6 Å². The fourth-order valence-electron chi connectivity index (χ4n) is 3.51. The number of hydrogen-bond donors (Lipinski definition) is 1. The molecule has 0 unspecified atom stereocenters. The summed E-state index contributed by atoms with van der Waals surface area (Å²) in [4.78, 5) is 13.8. The molecular formula is C25H30O3S2. The third-order valence-electron chi connectivity index (χ3n) is 5.36. The van der Waals surface area contributed by atoms with Crippen molar-refractivity contribution in [2.45, 2.75) is 69.6 Å². The maximum atomic E-state index is 10.9. The largest absolute Gasteiger partial charge is 0.493 e. The van der Waals surface area contributed by atoms with E-state index < -0.39 is 5.97 Å². The number of carboxylic acids is 1. The number of carboxylic acid groups (broad SMARTS) is 1. The lowest BCUT2D eigenvalue weighted by Crippen LogP contribution is -2.26. The zero-order valence-corrected chi connectivity index (χ0v) is 19.7. The van der Waals surface area contributed by atoms with Crippen molar-refractivity contribution in [3.63, 3.8) is 0 Å². The first-order chi connectivity index (χ1) is 14.4. The van der Waals surface area contributed by atoms with Gasteiger partial charge in [0.1, 0.15) is 5.75 Å². The minimum Gasteiger partial charge on any atom is -0.493 e. The Morgan fingerprint density at radius 2 is 2.07 bits per heavy atom. The highest BCUT2D eigenvalue weighted by molar-refractivity contribution is 7.99. The summed E-state index contributed by atoms with van der Waals surface area (Å²) in [6.45, 7) is 7.52. The van der Waals surface area contributed by atoms with Crippen LogP contribution in [-0.2, 0) is 16.6 Å². The quantitative estimate of drug-likeness (QED) is 0.288. The standard InChI is InChI=1S/C25H30O3S2/c1-4-5-6-7-14-29-23-17-22-21(25(2,3)12-13-28-22)15-18(23)8-9-19-10-11-20(30-19)16-24(26)27/h10-11,15,17H,4-7,12-14,16H2,1-3H3,(H,26,27). The molecule has 5 heteroatoms. The molecule has 1 aromatic heterocycles. The predicted molar refractivity (Wildman–Crippen MR) is 126 cm³/mol. The van der Waals surface area contributed by atoms with E-state index in [-0.39, 0.29) is 11.8 Å². The Bertz CT molecular complexity index is 947. The van der Waals surface area contributed by atoms with Gasteiger partial charge in [-0.2, -0.15) is 0 Å². The summed E-state index contributed by atoms with van der Waals surface area (Å²) < 4.78 is 5.99. The first-order valence-electron chi connectivity index (χ1n) is 10.7. The van der Waals surface area contributed by atoms with Crippen LogP contribution in [0.1, 0.15) is 73.8 Å². The second kappa shape index (κ2) is 10.4. The summed E-state index contributed by atoms with van der Waals surface area (Å²) in [5.74, 6) is 7.90. The molecule has 2 heterocycles. The number of benzene rings is 1. The van der Waals surface area contributed by atoms with Gasteiger partial charge in [-0.05, 0) is 48.3 Å². The van der Waals surface area contributed by atoms with Gasteiger partial charge in [0.05, 0.1) is 17.9 Å². The van der Waals surface area contributed by atoms with Gasteiger partial charge in [0.2, 0.25) is 0 Å². The van der Waals surface area contributed by atoms with Gasteiger partial charge in [-0.15, -0.1) is 23.1 Å². The molecule has 1 aromatic carbocycles. The van der Waals surface area contributed by atoms with E-state index in [4.69, 9.17) is 9.84 Å². The van der Waals surface area contributed by atoms with Crippen molar-refractivity contribution in [2.75, 3.05) is 12.4 Å². The highest BCUT2D eigenvalue weighted by Crippen LogP contribution is 2.42. The van der Waals surface area contributed by atoms with Crippen LogP contribution in [0.4, 0.5) is 0 Å². The van der Waals surface area contributed by atoms with E-state index in [1.165, 1.54) is 47.5 Å². The minimum absolute atomic E-state index is 0.0512. The number of carbonyl (C=O) groups is 1. The Morgan fingerprint density at radius 1 is 1.23 bits per heavy atom. The lowest BCUT2D eigenvalue weighted by atomic mass is 9.79. The highest BCUT2D eigenvalue weighted by Gasteiger charge is 2.29. The van der Waals surface area contributed by atoms with E-state index >= 15 is 0 Å². The topological polar surface area (TPSA) is 46.5 Å². The summed E-state index contributed by atoms with van der Waals surface area (Å²) >= 11 is 3.32. The average molecular weight is 443 g/mol. The van der Waals surface area contributed by atoms with Crippen LogP contribution in [0.2, 0.25) is 0 Å². The Hall–Kier alpha value is -1.90. The summed E-state index contributed by atoms with van der Waals surface area (Å²) in [6.07, 6.45) is 6.05. The van der Waals surface area contributed by atoms with Crippen LogP contribution < -0.4 is 4.74 Å². The molecule has 0 amide bonds. The van der Waals surface area contributed by atoms with E-state index in [9.17, 15) is 4.79 Å². The fraction of sp³-hybridized carbons (Fsp3) is 0.480. The van der Waals surface area contributed by atoms with E-state index in [0.29, 0.717) is 0 Å². The Morgan fingerprint density at radius 3 is 2.83 bits per heavy atom. The Labute approximate surface area is 188 Å². The van der Waals surface area contributed by atoms with Crippen molar-refractivity contribution in [1.82, 2.24) is 0 Å². The van der Waals surface area contributed by atoms with Crippen molar-refractivity contribution in [3.05, 3.63) is 45.1 Å². The molecule has 3 nitrogen and oxygen atoms in total. The number of aliphatic carboxylic acids is 1. The van der Waals surface area contributed by atoms with Gasteiger partial charge in [-0.25, -0.2) is 0 Å². The second-order valence-corrected chi connectivity index (χ2v) is 10.6. The first-order valence-corrected chi connectivity index (χ1v) is 12.5. The average Bonchev–Trinajstić information content (AvgIpc) is 3.12. The molecule has 3 rings (SSSR count). The molecule has 1 N–H and O–H groups in total. The number of thiophene rings is 1. The molecule has 0 aliphatic carbocycles. The number of rotatable bonds is 8. The van der Waals surface area contributed by atoms with Gasteiger partial charge in [0, 0.05) is 20.9 Å². The van der Waals surface area contributed by atoms with Crippen molar-refractivity contribution >= 4 is 29.1 Å². The molecular weight excluding hydrogens is 412 g/mol. The van der Waals surface area contributed by atoms with Crippen LogP contribution in [0.5, 0.6) is 5.75 Å². The van der Waals surface area contributed by atoms with Gasteiger partial charge in [0.15, 0.2) is 0 Å². The first kappa shape index (κ1) is 22.8. The smallest absolute Gasteiger partial charge is 0.308 e. The minimum atomic E-state index is -0.810. The lowest BCUT2D eigenvalue weighted by Gasteiger charge is -2.33. The Balaban J connectivity index is 1.87. The van der Waals surface area contributed by atoms with Gasteiger partial charge in [0.25, 0.3) is 0 Å². The van der Waals surface area contributed by atoms with E-state index in [1.54, 1.807) is 0 Å². The molecule has 1 aliphatic heterocycles. The van der Waals surface area contributed by atoms with Crippen LogP contribution in [0, 0.1) is 11.8 Å². The van der Waals surface area contributed by atoms with Crippen molar-refractivity contribution in [3.8, 4) is 17.6 Å². The summed E-state index contributed by atoms with van der Waals surface area (Å²) in [7, 11) is 0. The molecule has 0 saturated heterocycles. The molecule has 160 valence electrons. The molecule has 0 radical (unpaired) electrons. The van der Waals surface area contributed by atoms with E-state index in [2.05, 4.69) is 44.7 Å². The van der Waals surface area contributed by atoms with Crippen LogP contribution in [0.15, 0.2) is 29.2 Å². The van der Waals surface area contributed by atoms with Crippen LogP contribution in [-0.4, -0.2) is 23.4 Å². The zero-order valence-electron chi connectivity index (χ0n) is 18.0. The van der Waals surface area contributed by atoms with E-state index in [1.807, 2.05) is 23.9 Å². The third-order valence-corrected chi connectivity index (χ3v) is 7.50. The fourth-order valence-corrected chi connectivity index (χ4v) is 5.38. The molecule has 0 bridgehead atoms. The Kier molecular flexibility index (Phi) is 7.91. The summed E-state index contributed by atoms with van der Waals surface area (Å²) in [6, 6.07) is 8.16. The predicted octanol–water partition coefficient (Wildman–Crippen LogP) is 6.51. The third kappa shape index (κ3) is 6.06. The molecule has 0 spiro atoms. The van der Waals surface area contributed by atoms with Crippen molar-refractivity contribution in [1.29, 1.82) is 0 Å². The number of thioether (sulfide) groups is 1. The van der Waals surface area contributed by atoms with Gasteiger partial charge in [-0.1, -0.05) is 51.9 Å². The summed E-state index contributed by atoms with van der Waals surface area (Å²) in [5.41, 5.74) is 2.35. The number of ether oxygens (including phenoxy) is 1. The highest BCUT2D eigenvalue weighted by atomic mass is 32.2. The van der Waals surface area contributed by atoms with Crippen LogP contribution >= 0.6 is 23.1 Å². The van der Waals surface area contributed by atoms with Gasteiger partial charge >= 0.3 is 5.97 Å².